The lowest BCUT2D eigenvalue weighted by Crippen LogP contribution is -2.18. The maximum atomic E-state index is 14.2. The molecule has 2 aromatic carbocycles. The molecule has 0 spiro atoms. The van der Waals surface area contributed by atoms with Crippen LogP contribution in [-0.2, 0) is 4.79 Å². The molecule has 0 unspecified atom stereocenters. The molecule has 0 aliphatic rings. The molecule has 11 heteroatoms. The molecule has 2 heterocycles. The van der Waals surface area contributed by atoms with Crippen LogP contribution in [-0.4, -0.2) is 37.4 Å². The number of nitrogens with one attached hydrogen (secondary N) is 2. The molecule has 9 nitrogen and oxygen atoms in total. The summed E-state index contributed by atoms with van der Waals surface area (Å²) in [5.41, 5.74) is 1.01. The molecule has 0 saturated heterocycles. The summed E-state index contributed by atoms with van der Waals surface area (Å²) in [4.78, 5) is 44.3. The number of carbonyl (C=O) groups is 3. The van der Waals surface area contributed by atoms with Gasteiger partial charge in [-0.15, -0.1) is 11.3 Å². The second-order valence-corrected chi connectivity index (χ2v) is 7.64. The van der Waals surface area contributed by atoms with Crippen LogP contribution in [0.25, 0.3) is 16.3 Å². The second-order valence-electron chi connectivity index (χ2n) is 6.80. The van der Waals surface area contributed by atoms with Crippen molar-refractivity contribution in [2.45, 2.75) is 6.42 Å². The van der Waals surface area contributed by atoms with Gasteiger partial charge in [0.1, 0.15) is 17.8 Å². The van der Waals surface area contributed by atoms with Crippen molar-refractivity contribution in [3.63, 3.8) is 0 Å². The lowest BCUT2D eigenvalue weighted by Gasteiger charge is -2.13. The number of amides is 2. The molecule has 0 fully saturated rings. The Morgan fingerprint density at radius 1 is 1.09 bits per heavy atom. The van der Waals surface area contributed by atoms with E-state index in [9.17, 15) is 18.8 Å². The maximum Gasteiger partial charge on any atom is 0.409 e. The molecule has 4 aromatic rings. The minimum Gasteiger partial charge on any atom is -0.465 e. The van der Waals surface area contributed by atoms with E-state index in [-0.39, 0.29) is 22.6 Å². The number of aromatic nitrogens is 3. The summed E-state index contributed by atoms with van der Waals surface area (Å²) in [5, 5.41) is 15.9. The van der Waals surface area contributed by atoms with Crippen molar-refractivity contribution in [2.75, 3.05) is 10.6 Å². The van der Waals surface area contributed by atoms with Crippen molar-refractivity contribution in [1.29, 1.82) is 0 Å². The standard InChI is InChI=1S/C22H16FN5O4S/c23-15-4-2-1-3-14(15)13-5-6-16(27-22(31)32)17(9-13)25-20(30)10-19(29)18-11-33-21(26-18)28-8-7-24-12-28/h1-9,11-12,27H,10H2,(H,25,30)(H,31,32). The van der Waals surface area contributed by atoms with E-state index in [1.807, 2.05) is 0 Å². The van der Waals surface area contributed by atoms with Crippen LogP contribution in [0.5, 0.6) is 0 Å². The monoisotopic (exact) mass is 465 g/mol. The number of hydrogen-bond donors (Lipinski definition) is 3. The van der Waals surface area contributed by atoms with Crippen molar-refractivity contribution in [2.24, 2.45) is 0 Å². The summed E-state index contributed by atoms with van der Waals surface area (Å²) in [7, 11) is 0. The quantitative estimate of drug-likeness (QED) is 0.274. The van der Waals surface area contributed by atoms with Gasteiger partial charge < -0.3 is 10.4 Å². The SMILES string of the molecule is O=C(O)Nc1ccc(-c2ccccc2F)cc1NC(=O)CC(=O)c1csc(-n2ccnc2)n1. The predicted octanol–water partition coefficient (Wildman–Crippen LogP) is 4.44. The smallest absolute Gasteiger partial charge is 0.409 e. The van der Waals surface area contributed by atoms with Crippen LogP contribution in [0.1, 0.15) is 16.9 Å². The van der Waals surface area contributed by atoms with E-state index in [4.69, 9.17) is 5.11 Å². The normalized spacial score (nSPS) is 10.6. The molecule has 2 aromatic heterocycles. The van der Waals surface area contributed by atoms with Crippen molar-refractivity contribution < 1.29 is 23.9 Å². The Kier molecular flexibility index (Phi) is 6.22. The summed E-state index contributed by atoms with van der Waals surface area (Å²) in [5.74, 6) is -1.65. The number of ketones is 1. The fourth-order valence-electron chi connectivity index (χ4n) is 3.05. The average Bonchev–Trinajstić information content (AvgIpc) is 3.47. The largest absolute Gasteiger partial charge is 0.465 e. The Balaban J connectivity index is 1.53. The Bertz CT molecular complexity index is 1340. The van der Waals surface area contributed by atoms with Gasteiger partial charge in [-0.05, 0) is 23.8 Å². The molecule has 0 aliphatic carbocycles. The minimum absolute atomic E-state index is 0.0828. The number of thiazole rings is 1. The minimum atomic E-state index is -1.34. The highest BCUT2D eigenvalue weighted by molar-refractivity contribution is 7.12. The number of Topliss-reactive ketones (excluding diaryl/α,β-unsaturated/α-hetero) is 1. The molecule has 0 bridgehead atoms. The first-order valence-corrected chi connectivity index (χ1v) is 10.4. The molecular weight excluding hydrogens is 449 g/mol. The Labute approximate surface area is 190 Å². The van der Waals surface area contributed by atoms with Crippen LogP contribution in [0.3, 0.4) is 0 Å². The van der Waals surface area contributed by atoms with Gasteiger partial charge in [0.25, 0.3) is 0 Å². The number of anilines is 2. The van der Waals surface area contributed by atoms with E-state index >= 15 is 0 Å². The number of nitrogens with zero attached hydrogens (tertiary/aromatic N) is 3. The molecule has 0 radical (unpaired) electrons. The van der Waals surface area contributed by atoms with Crippen LogP contribution in [0.15, 0.2) is 66.6 Å². The first-order valence-electron chi connectivity index (χ1n) is 9.56. The first kappa shape index (κ1) is 21.8. The van der Waals surface area contributed by atoms with Crippen LogP contribution < -0.4 is 10.6 Å². The summed E-state index contributed by atoms with van der Waals surface area (Å²) in [6.45, 7) is 0. The summed E-state index contributed by atoms with van der Waals surface area (Å²) in [6, 6.07) is 10.4. The molecule has 3 N–H and O–H groups in total. The van der Waals surface area contributed by atoms with Crippen molar-refractivity contribution in [1.82, 2.24) is 14.5 Å². The number of rotatable bonds is 7. The van der Waals surface area contributed by atoms with Crippen LogP contribution in [0, 0.1) is 5.82 Å². The molecular formula is C22H16FN5O4S. The fourth-order valence-corrected chi connectivity index (χ4v) is 3.83. The van der Waals surface area contributed by atoms with E-state index in [2.05, 4.69) is 20.6 Å². The highest BCUT2D eigenvalue weighted by Gasteiger charge is 2.18. The average molecular weight is 465 g/mol. The van der Waals surface area contributed by atoms with E-state index in [0.29, 0.717) is 10.7 Å². The third-order valence-electron chi connectivity index (χ3n) is 4.54. The van der Waals surface area contributed by atoms with Gasteiger partial charge in [-0.25, -0.2) is 19.2 Å². The maximum absolute atomic E-state index is 14.2. The number of carboxylic acid groups (broad SMARTS) is 1. The predicted molar refractivity (Wildman–Crippen MR) is 120 cm³/mol. The van der Waals surface area contributed by atoms with Gasteiger partial charge in [-0.3, -0.25) is 19.5 Å². The third kappa shape index (κ3) is 5.10. The van der Waals surface area contributed by atoms with Gasteiger partial charge >= 0.3 is 6.09 Å². The molecule has 33 heavy (non-hydrogen) atoms. The number of benzene rings is 2. The van der Waals surface area contributed by atoms with Gasteiger partial charge in [-0.1, -0.05) is 24.3 Å². The van der Waals surface area contributed by atoms with E-state index in [1.54, 1.807) is 46.9 Å². The van der Waals surface area contributed by atoms with Gasteiger partial charge in [0.05, 0.1) is 17.8 Å². The molecule has 166 valence electrons. The molecule has 0 atom stereocenters. The summed E-state index contributed by atoms with van der Waals surface area (Å²) < 4.78 is 15.8. The second kappa shape index (κ2) is 9.40. The number of carbonyl (C=O) groups excluding carboxylic acids is 2. The molecule has 0 saturated carbocycles. The van der Waals surface area contributed by atoms with Gasteiger partial charge in [0.2, 0.25) is 5.91 Å². The zero-order chi connectivity index (χ0) is 23.4. The molecule has 0 aliphatic heterocycles. The Morgan fingerprint density at radius 3 is 2.64 bits per heavy atom. The first-order chi connectivity index (χ1) is 15.9. The number of imidazole rings is 1. The highest BCUT2D eigenvalue weighted by Crippen LogP contribution is 2.31. The van der Waals surface area contributed by atoms with Crippen molar-refractivity contribution in [3.05, 3.63) is 78.1 Å². The van der Waals surface area contributed by atoms with E-state index in [0.717, 1.165) is 0 Å². The Morgan fingerprint density at radius 2 is 1.91 bits per heavy atom. The molecule has 2 amide bonds. The number of halogens is 1. The van der Waals surface area contributed by atoms with Gasteiger partial charge in [0.15, 0.2) is 10.9 Å². The zero-order valence-electron chi connectivity index (χ0n) is 16.9. The Hall–Kier alpha value is -4.38. The fraction of sp³-hybridized carbons (Fsp3) is 0.0455. The van der Waals surface area contributed by atoms with Crippen LogP contribution in [0.2, 0.25) is 0 Å². The van der Waals surface area contributed by atoms with E-state index in [1.165, 1.54) is 35.6 Å². The topological polar surface area (TPSA) is 126 Å². The summed E-state index contributed by atoms with van der Waals surface area (Å²) in [6.07, 6.45) is 2.95. The molecule has 4 rings (SSSR count). The van der Waals surface area contributed by atoms with E-state index < -0.39 is 30.0 Å². The van der Waals surface area contributed by atoms with Gasteiger partial charge in [-0.2, -0.15) is 0 Å². The van der Waals surface area contributed by atoms with Crippen molar-refractivity contribution in [3.8, 4) is 16.3 Å². The highest BCUT2D eigenvalue weighted by atomic mass is 32.1. The zero-order valence-corrected chi connectivity index (χ0v) is 17.7. The van der Waals surface area contributed by atoms with Gasteiger partial charge in [0, 0.05) is 23.3 Å². The lowest BCUT2D eigenvalue weighted by atomic mass is 10.0. The summed E-state index contributed by atoms with van der Waals surface area (Å²) >= 11 is 1.23. The number of hydrogen-bond acceptors (Lipinski definition) is 6. The lowest BCUT2D eigenvalue weighted by molar-refractivity contribution is -0.115. The van der Waals surface area contributed by atoms with Crippen LogP contribution in [0.4, 0.5) is 20.6 Å². The third-order valence-corrected chi connectivity index (χ3v) is 5.40. The van der Waals surface area contributed by atoms with Crippen LogP contribution >= 0.6 is 11.3 Å². The van der Waals surface area contributed by atoms with Crippen molar-refractivity contribution >= 4 is 40.5 Å².